The van der Waals surface area contributed by atoms with Gasteiger partial charge in [0, 0.05) is 6.42 Å². The average Bonchev–Trinajstić information content (AvgIpc) is 2.77. The molecular weight excluding hydrogens is 402 g/mol. The molecule has 0 aliphatic rings. The topological polar surface area (TPSA) is 87.3 Å². The number of ether oxygens (including phenoxy) is 2. The molecule has 0 saturated heterocycles. The molecule has 1 amide bonds. The van der Waals surface area contributed by atoms with E-state index < -0.39 is 0 Å². The number of nitrogens with two attached hydrogens (primary N) is 1. The van der Waals surface area contributed by atoms with Gasteiger partial charge in [0.15, 0.2) is 0 Å². The average molecular weight is 448 g/mol. The molecule has 0 aliphatic heterocycles. The first kappa shape index (κ1) is 27.9. The fraction of sp³-hybridized carbons (Fsp3) is 0.731. The number of amides is 1. The highest BCUT2D eigenvalue weighted by atomic mass is 16.5. The van der Waals surface area contributed by atoms with Gasteiger partial charge in [0.2, 0.25) is 17.7 Å². The van der Waals surface area contributed by atoms with Crippen LogP contribution in [0.4, 0.5) is 0 Å². The molecule has 2 N–H and O–H groups in total. The molecule has 0 atom stereocenters. The SMILES string of the molecule is CCOc1ncnc(OCC)c1CCCCCCCCC=CCCCCCCCC(N)=O. The molecule has 0 bridgehead atoms. The lowest BCUT2D eigenvalue weighted by Gasteiger charge is -2.12. The first-order valence-corrected chi connectivity index (χ1v) is 12.7. The number of hydrogen-bond donors (Lipinski definition) is 1. The van der Waals surface area contributed by atoms with Crippen LogP contribution in [0.3, 0.4) is 0 Å². The Hall–Kier alpha value is -2.11. The third-order valence-electron chi connectivity index (χ3n) is 5.44. The third kappa shape index (κ3) is 14.0. The van der Waals surface area contributed by atoms with Gasteiger partial charge in [0.25, 0.3) is 0 Å². The van der Waals surface area contributed by atoms with Gasteiger partial charge >= 0.3 is 0 Å². The first-order chi connectivity index (χ1) is 15.7. The Bertz CT molecular complexity index is 610. The van der Waals surface area contributed by atoms with Crippen LogP contribution in [0.2, 0.25) is 0 Å². The molecule has 32 heavy (non-hydrogen) atoms. The Balaban J connectivity index is 2.01. The predicted octanol–water partition coefficient (Wildman–Crippen LogP) is 6.32. The van der Waals surface area contributed by atoms with E-state index in [2.05, 4.69) is 22.1 Å². The van der Waals surface area contributed by atoms with Gasteiger partial charge in [0.05, 0.1) is 18.8 Å². The van der Waals surface area contributed by atoms with Crippen LogP contribution < -0.4 is 15.2 Å². The molecule has 0 saturated carbocycles. The standard InChI is InChI=1S/C26H45N3O3/c1-3-31-25-23(26(32-4-2)29-22-28-25)20-18-16-14-12-10-8-6-5-7-9-11-13-15-17-19-21-24(27)30/h5,7,22H,3-4,6,8-21H2,1-2H3,(H2,27,30). The highest BCUT2D eigenvalue weighted by Crippen LogP contribution is 2.26. The molecule has 0 spiro atoms. The predicted molar refractivity (Wildman–Crippen MR) is 131 cm³/mol. The number of carbonyl (C=O) groups excluding carboxylic acids is 1. The lowest BCUT2D eigenvalue weighted by Crippen LogP contribution is -2.09. The third-order valence-corrected chi connectivity index (χ3v) is 5.44. The summed E-state index contributed by atoms with van der Waals surface area (Å²) in [6.07, 6.45) is 23.2. The van der Waals surface area contributed by atoms with Gasteiger partial charge in [-0.15, -0.1) is 0 Å². The number of nitrogens with zero attached hydrogens (tertiary/aromatic N) is 2. The van der Waals surface area contributed by atoms with Gasteiger partial charge in [-0.05, 0) is 58.8 Å². The summed E-state index contributed by atoms with van der Waals surface area (Å²) in [6.45, 7) is 5.14. The number of primary amides is 1. The summed E-state index contributed by atoms with van der Waals surface area (Å²) >= 11 is 0. The van der Waals surface area contributed by atoms with Gasteiger partial charge in [-0.1, -0.05) is 57.1 Å². The normalized spacial score (nSPS) is 11.2. The first-order valence-electron chi connectivity index (χ1n) is 12.7. The maximum absolute atomic E-state index is 10.7. The van der Waals surface area contributed by atoms with Crippen LogP contribution in [0.25, 0.3) is 0 Å². The maximum Gasteiger partial charge on any atom is 0.223 e. The van der Waals surface area contributed by atoms with Crippen LogP contribution in [0, 0.1) is 0 Å². The number of rotatable bonds is 21. The van der Waals surface area contributed by atoms with E-state index in [1.54, 1.807) is 0 Å². The Morgan fingerprint density at radius 3 is 1.75 bits per heavy atom. The zero-order chi connectivity index (χ0) is 23.3. The Morgan fingerprint density at radius 2 is 1.25 bits per heavy atom. The van der Waals surface area contributed by atoms with E-state index >= 15 is 0 Å². The molecule has 0 radical (unpaired) electrons. The van der Waals surface area contributed by atoms with Crippen molar-refractivity contribution in [1.82, 2.24) is 9.97 Å². The van der Waals surface area contributed by atoms with Gasteiger partial charge in [0.1, 0.15) is 6.33 Å². The maximum atomic E-state index is 10.7. The Labute approximate surface area is 195 Å². The minimum Gasteiger partial charge on any atom is -0.478 e. The lowest BCUT2D eigenvalue weighted by molar-refractivity contribution is -0.118. The number of hydrogen-bond acceptors (Lipinski definition) is 5. The molecule has 0 fully saturated rings. The van der Waals surface area contributed by atoms with Crippen LogP contribution in [0.1, 0.15) is 109 Å². The Morgan fingerprint density at radius 1 is 0.781 bits per heavy atom. The molecule has 182 valence electrons. The molecule has 1 aromatic rings. The Kier molecular flexibility index (Phi) is 17.1. The number of aromatic nitrogens is 2. The fourth-order valence-electron chi connectivity index (χ4n) is 3.72. The summed E-state index contributed by atoms with van der Waals surface area (Å²) in [4.78, 5) is 19.2. The van der Waals surface area contributed by atoms with Crippen molar-refractivity contribution in [1.29, 1.82) is 0 Å². The van der Waals surface area contributed by atoms with Crippen molar-refractivity contribution in [2.45, 2.75) is 110 Å². The quantitative estimate of drug-likeness (QED) is 0.176. The van der Waals surface area contributed by atoms with E-state index in [9.17, 15) is 4.79 Å². The monoisotopic (exact) mass is 447 g/mol. The van der Waals surface area contributed by atoms with Crippen molar-refractivity contribution in [3.63, 3.8) is 0 Å². The van der Waals surface area contributed by atoms with Gasteiger partial charge < -0.3 is 15.2 Å². The van der Waals surface area contributed by atoms with E-state index in [0.29, 0.717) is 31.4 Å². The molecule has 0 aliphatic carbocycles. The molecule has 1 aromatic heterocycles. The number of allylic oxidation sites excluding steroid dienone is 2. The van der Waals surface area contributed by atoms with Crippen molar-refractivity contribution < 1.29 is 14.3 Å². The zero-order valence-corrected chi connectivity index (χ0v) is 20.4. The van der Waals surface area contributed by atoms with Crippen LogP contribution in [-0.4, -0.2) is 29.1 Å². The summed E-state index contributed by atoms with van der Waals surface area (Å²) in [5.74, 6) is 1.16. The number of unbranched alkanes of at least 4 members (excludes halogenated alkanes) is 11. The van der Waals surface area contributed by atoms with Crippen LogP contribution in [-0.2, 0) is 11.2 Å². The molecule has 0 aromatic carbocycles. The minimum absolute atomic E-state index is 0.178. The highest BCUT2D eigenvalue weighted by Gasteiger charge is 2.13. The van der Waals surface area contributed by atoms with Crippen LogP contribution in [0.5, 0.6) is 11.8 Å². The summed E-state index contributed by atoms with van der Waals surface area (Å²) in [7, 11) is 0. The number of carbonyl (C=O) groups is 1. The van der Waals surface area contributed by atoms with Crippen molar-refractivity contribution >= 4 is 5.91 Å². The molecule has 6 nitrogen and oxygen atoms in total. The van der Waals surface area contributed by atoms with Crippen molar-refractivity contribution in [3.8, 4) is 11.8 Å². The summed E-state index contributed by atoms with van der Waals surface area (Å²) in [6, 6.07) is 0. The summed E-state index contributed by atoms with van der Waals surface area (Å²) < 4.78 is 11.3. The van der Waals surface area contributed by atoms with E-state index in [0.717, 1.165) is 31.2 Å². The molecular formula is C26H45N3O3. The summed E-state index contributed by atoms with van der Waals surface area (Å²) in [5, 5.41) is 0. The van der Waals surface area contributed by atoms with Crippen LogP contribution >= 0.6 is 0 Å². The summed E-state index contributed by atoms with van der Waals surface area (Å²) in [5.41, 5.74) is 6.15. The molecule has 1 heterocycles. The minimum atomic E-state index is -0.178. The van der Waals surface area contributed by atoms with E-state index in [1.165, 1.54) is 70.5 Å². The zero-order valence-electron chi connectivity index (χ0n) is 20.4. The van der Waals surface area contributed by atoms with Gasteiger partial charge in [-0.2, -0.15) is 0 Å². The van der Waals surface area contributed by atoms with Crippen molar-refractivity contribution in [2.24, 2.45) is 5.73 Å². The van der Waals surface area contributed by atoms with Gasteiger partial charge in [-0.3, -0.25) is 4.79 Å². The largest absolute Gasteiger partial charge is 0.478 e. The van der Waals surface area contributed by atoms with Gasteiger partial charge in [-0.25, -0.2) is 9.97 Å². The molecule has 0 unspecified atom stereocenters. The highest BCUT2D eigenvalue weighted by molar-refractivity contribution is 5.73. The van der Waals surface area contributed by atoms with Crippen molar-refractivity contribution in [3.05, 3.63) is 24.0 Å². The van der Waals surface area contributed by atoms with Crippen LogP contribution in [0.15, 0.2) is 18.5 Å². The van der Waals surface area contributed by atoms with E-state index in [-0.39, 0.29) is 5.91 Å². The van der Waals surface area contributed by atoms with Crippen molar-refractivity contribution in [2.75, 3.05) is 13.2 Å². The second-order valence-electron chi connectivity index (χ2n) is 8.23. The lowest BCUT2D eigenvalue weighted by atomic mass is 10.0. The molecule has 1 rings (SSSR count). The second kappa shape index (κ2) is 19.6. The van der Waals surface area contributed by atoms with E-state index in [4.69, 9.17) is 15.2 Å². The molecule has 6 heteroatoms. The second-order valence-corrected chi connectivity index (χ2v) is 8.23. The van der Waals surface area contributed by atoms with E-state index in [1.807, 2.05) is 13.8 Å². The smallest absolute Gasteiger partial charge is 0.223 e. The fourth-order valence-corrected chi connectivity index (χ4v) is 3.72.